The van der Waals surface area contributed by atoms with Crippen LogP contribution in [0, 0.1) is 22.7 Å². The van der Waals surface area contributed by atoms with Gasteiger partial charge in [0.15, 0.2) is 5.16 Å². The number of nitriles is 2. The minimum Gasteiger partial charge on any atom is -0.300 e. The van der Waals surface area contributed by atoms with Gasteiger partial charge in [0.25, 0.3) is 5.56 Å². The van der Waals surface area contributed by atoms with Gasteiger partial charge in [0, 0.05) is 5.75 Å². The molecule has 1 aromatic carbocycles. The Labute approximate surface area is 132 Å². The van der Waals surface area contributed by atoms with Crippen LogP contribution in [0.3, 0.4) is 0 Å². The molecular formula is C16H14N4OS. The summed E-state index contributed by atoms with van der Waals surface area (Å²) in [4.78, 5) is 18.9. The Morgan fingerprint density at radius 3 is 2.82 bits per heavy atom. The second-order valence-corrected chi connectivity index (χ2v) is 5.62. The monoisotopic (exact) mass is 310 g/mol. The Balaban J connectivity index is 2.21. The van der Waals surface area contributed by atoms with E-state index in [0.29, 0.717) is 28.6 Å². The number of benzene rings is 1. The molecule has 1 heterocycles. The summed E-state index contributed by atoms with van der Waals surface area (Å²) < 4.78 is 0. The maximum Gasteiger partial charge on any atom is 0.269 e. The third-order valence-electron chi connectivity index (χ3n) is 3.00. The Bertz CT molecular complexity index is 814. The molecule has 0 bridgehead atoms. The van der Waals surface area contributed by atoms with Gasteiger partial charge in [-0.25, -0.2) is 4.98 Å². The highest BCUT2D eigenvalue weighted by molar-refractivity contribution is 7.98. The molecule has 0 atom stereocenters. The predicted octanol–water partition coefficient (Wildman–Crippen LogP) is 2.76. The number of thioether (sulfide) groups is 1. The van der Waals surface area contributed by atoms with E-state index in [2.05, 4.69) is 16.0 Å². The third-order valence-corrected chi connectivity index (χ3v) is 3.95. The van der Waals surface area contributed by atoms with Crippen molar-refractivity contribution in [3.63, 3.8) is 0 Å². The van der Waals surface area contributed by atoms with E-state index in [0.717, 1.165) is 12.0 Å². The molecule has 0 unspecified atom stereocenters. The van der Waals surface area contributed by atoms with Crippen LogP contribution in [0.15, 0.2) is 34.2 Å². The van der Waals surface area contributed by atoms with E-state index in [1.54, 1.807) is 6.07 Å². The molecule has 0 fully saturated rings. The van der Waals surface area contributed by atoms with Gasteiger partial charge < -0.3 is 4.98 Å². The van der Waals surface area contributed by atoms with Crippen LogP contribution in [-0.2, 0) is 12.2 Å². The van der Waals surface area contributed by atoms with Crippen LogP contribution < -0.4 is 5.56 Å². The summed E-state index contributed by atoms with van der Waals surface area (Å²) in [6.45, 7) is 1.98. The van der Waals surface area contributed by atoms with Crippen molar-refractivity contribution in [3.05, 3.63) is 57.0 Å². The van der Waals surface area contributed by atoms with Crippen molar-refractivity contribution in [1.29, 1.82) is 10.5 Å². The highest BCUT2D eigenvalue weighted by Gasteiger charge is 2.11. The van der Waals surface area contributed by atoms with Gasteiger partial charge >= 0.3 is 0 Å². The molecule has 22 heavy (non-hydrogen) atoms. The van der Waals surface area contributed by atoms with E-state index in [1.807, 2.05) is 31.2 Å². The zero-order chi connectivity index (χ0) is 15.9. The van der Waals surface area contributed by atoms with Crippen LogP contribution in [0.4, 0.5) is 0 Å². The van der Waals surface area contributed by atoms with Crippen molar-refractivity contribution >= 4 is 11.8 Å². The standard InChI is InChI=1S/C16H14N4OS/c1-2-4-14-13(9-18)15(21)20-16(19-14)22-10-12-6-3-5-11(7-12)8-17/h3,5-7H,2,4,10H2,1H3,(H,19,20,21). The molecule has 2 rings (SSSR count). The summed E-state index contributed by atoms with van der Waals surface area (Å²) in [6, 6.07) is 11.3. The Morgan fingerprint density at radius 2 is 2.14 bits per heavy atom. The highest BCUT2D eigenvalue weighted by atomic mass is 32.2. The van der Waals surface area contributed by atoms with Crippen molar-refractivity contribution in [2.24, 2.45) is 0 Å². The molecule has 2 aromatic rings. The van der Waals surface area contributed by atoms with Crippen LogP contribution in [0.5, 0.6) is 0 Å². The molecule has 5 nitrogen and oxygen atoms in total. The van der Waals surface area contributed by atoms with E-state index in [4.69, 9.17) is 10.5 Å². The molecule has 0 radical (unpaired) electrons. The smallest absolute Gasteiger partial charge is 0.269 e. The van der Waals surface area contributed by atoms with Gasteiger partial charge in [0.05, 0.1) is 17.3 Å². The lowest BCUT2D eigenvalue weighted by Gasteiger charge is -2.05. The number of aryl methyl sites for hydroxylation is 1. The molecule has 110 valence electrons. The van der Waals surface area contributed by atoms with Crippen LogP contribution in [0.25, 0.3) is 0 Å². The topological polar surface area (TPSA) is 93.3 Å². The first-order valence-electron chi connectivity index (χ1n) is 6.83. The maximum atomic E-state index is 11.9. The van der Waals surface area contributed by atoms with Gasteiger partial charge in [-0.3, -0.25) is 4.79 Å². The number of nitrogens with zero attached hydrogens (tertiary/aromatic N) is 3. The van der Waals surface area contributed by atoms with Crippen LogP contribution in [0.1, 0.15) is 35.7 Å². The third kappa shape index (κ3) is 3.75. The molecule has 0 spiro atoms. The van der Waals surface area contributed by atoms with E-state index < -0.39 is 5.56 Å². The summed E-state index contributed by atoms with van der Waals surface area (Å²) >= 11 is 1.38. The van der Waals surface area contributed by atoms with E-state index in [-0.39, 0.29) is 5.56 Å². The van der Waals surface area contributed by atoms with Crippen molar-refractivity contribution in [2.75, 3.05) is 0 Å². The van der Waals surface area contributed by atoms with E-state index in [9.17, 15) is 4.79 Å². The number of rotatable bonds is 5. The Kier molecular flexibility index (Phi) is 5.35. The van der Waals surface area contributed by atoms with E-state index in [1.165, 1.54) is 11.8 Å². The fourth-order valence-corrected chi connectivity index (χ4v) is 2.80. The van der Waals surface area contributed by atoms with Gasteiger partial charge in [-0.05, 0) is 24.1 Å². The van der Waals surface area contributed by atoms with Gasteiger partial charge in [-0.2, -0.15) is 10.5 Å². The highest BCUT2D eigenvalue weighted by Crippen LogP contribution is 2.20. The van der Waals surface area contributed by atoms with Gasteiger partial charge in [-0.1, -0.05) is 37.2 Å². The minimum atomic E-state index is -0.394. The molecule has 0 saturated heterocycles. The summed E-state index contributed by atoms with van der Waals surface area (Å²) in [5.41, 5.74) is 1.83. The van der Waals surface area contributed by atoms with Crippen molar-refractivity contribution in [2.45, 2.75) is 30.7 Å². The van der Waals surface area contributed by atoms with Crippen LogP contribution in [0.2, 0.25) is 0 Å². The lowest BCUT2D eigenvalue weighted by atomic mass is 10.1. The molecule has 1 N–H and O–H groups in total. The Hall–Kier alpha value is -2.57. The molecule has 0 aliphatic carbocycles. The van der Waals surface area contributed by atoms with Crippen LogP contribution in [-0.4, -0.2) is 9.97 Å². The number of hydrogen-bond donors (Lipinski definition) is 1. The molecule has 0 aliphatic rings. The first-order valence-corrected chi connectivity index (χ1v) is 7.81. The van der Waals surface area contributed by atoms with Crippen molar-refractivity contribution in [1.82, 2.24) is 9.97 Å². The zero-order valence-corrected chi connectivity index (χ0v) is 12.9. The second-order valence-electron chi connectivity index (χ2n) is 4.66. The lowest BCUT2D eigenvalue weighted by molar-refractivity contribution is 0.809. The number of hydrogen-bond acceptors (Lipinski definition) is 5. The zero-order valence-electron chi connectivity index (χ0n) is 12.1. The first-order chi connectivity index (χ1) is 10.7. The SMILES string of the molecule is CCCc1nc(SCc2cccc(C#N)c2)[nH]c(=O)c1C#N. The predicted molar refractivity (Wildman–Crippen MR) is 84.3 cm³/mol. The Morgan fingerprint density at radius 1 is 1.32 bits per heavy atom. The van der Waals surface area contributed by atoms with E-state index >= 15 is 0 Å². The molecule has 0 aliphatic heterocycles. The summed E-state index contributed by atoms with van der Waals surface area (Å²) in [5, 5.41) is 18.4. The number of aromatic amines is 1. The molecule has 6 heteroatoms. The van der Waals surface area contributed by atoms with Gasteiger partial charge in [-0.15, -0.1) is 0 Å². The summed E-state index contributed by atoms with van der Waals surface area (Å²) in [5.74, 6) is 0.593. The van der Waals surface area contributed by atoms with Crippen molar-refractivity contribution in [3.8, 4) is 12.1 Å². The molecule has 1 aromatic heterocycles. The molecular weight excluding hydrogens is 296 g/mol. The summed E-state index contributed by atoms with van der Waals surface area (Å²) in [7, 11) is 0. The number of nitrogens with one attached hydrogen (secondary N) is 1. The largest absolute Gasteiger partial charge is 0.300 e. The van der Waals surface area contributed by atoms with Crippen molar-refractivity contribution < 1.29 is 0 Å². The van der Waals surface area contributed by atoms with Crippen LogP contribution >= 0.6 is 11.8 Å². The normalized spacial score (nSPS) is 9.95. The second kappa shape index (κ2) is 7.44. The average Bonchev–Trinajstić information content (AvgIpc) is 2.53. The quantitative estimate of drug-likeness (QED) is 0.677. The fraction of sp³-hybridized carbons (Fsp3) is 0.250. The maximum absolute atomic E-state index is 11.9. The molecule has 0 saturated carbocycles. The lowest BCUT2D eigenvalue weighted by Crippen LogP contribution is -2.16. The molecule has 0 amide bonds. The fourth-order valence-electron chi connectivity index (χ4n) is 1.98. The average molecular weight is 310 g/mol. The first kappa shape index (κ1) is 15.8. The van der Waals surface area contributed by atoms with Gasteiger partial charge in [0.1, 0.15) is 11.6 Å². The van der Waals surface area contributed by atoms with Gasteiger partial charge in [0.2, 0.25) is 0 Å². The minimum absolute atomic E-state index is 0.0951. The summed E-state index contributed by atoms with van der Waals surface area (Å²) in [6.07, 6.45) is 1.42. The number of aromatic nitrogens is 2. The number of H-pyrrole nitrogens is 1.